The summed E-state index contributed by atoms with van der Waals surface area (Å²) in [6.45, 7) is 0. The predicted octanol–water partition coefficient (Wildman–Crippen LogP) is 2.45. The van der Waals surface area contributed by atoms with Crippen molar-refractivity contribution in [1.29, 1.82) is 0 Å². The Kier molecular flexibility index (Phi) is 6.36. The molecule has 2 aromatic carbocycles. The molecule has 130 valence electrons. The molecule has 0 radical (unpaired) electrons. The fraction of sp³-hybridized carbons (Fsp3) is 0.118. The maximum Gasteiger partial charge on any atom is 0.329 e. The van der Waals surface area contributed by atoms with Crippen molar-refractivity contribution in [2.24, 2.45) is 5.10 Å². The van der Waals surface area contributed by atoms with Gasteiger partial charge in [-0.2, -0.15) is 5.10 Å². The molecule has 0 saturated carbocycles. The average Bonchev–Trinajstić information content (AvgIpc) is 2.63. The minimum atomic E-state index is -0.897. The zero-order chi connectivity index (χ0) is 18.2. The number of benzene rings is 2. The molecule has 0 aliphatic heterocycles. The largest absolute Gasteiger partial charge is 0.493 e. The highest BCUT2D eigenvalue weighted by Crippen LogP contribution is 2.26. The van der Waals surface area contributed by atoms with Crippen LogP contribution in [0.3, 0.4) is 0 Å². The number of hydrazone groups is 1. The number of methoxy groups -OCH3 is 2. The summed E-state index contributed by atoms with van der Waals surface area (Å²) >= 11 is 5.75. The van der Waals surface area contributed by atoms with Crippen LogP contribution in [0.25, 0.3) is 0 Å². The molecule has 2 rings (SSSR count). The van der Waals surface area contributed by atoms with Crippen molar-refractivity contribution in [3.05, 3.63) is 53.1 Å². The summed E-state index contributed by atoms with van der Waals surface area (Å²) in [6, 6.07) is 11.5. The number of anilines is 1. The Balaban J connectivity index is 1.93. The molecular formula is C17H16ClN3O4. The summed E-state index contributed by atoms with van der Waals surface area (Å²) in [5, 5.41) is 6.71. The van der Waals surface area contributed by atoms with Crippen LogP contribution in [0.4, 0.5) is 5.69 Å². The van der Waals surface area contributed by atoms with E-state index in [9.17, 15) is 9.59 Å². The summed E-state index contributed by atoms with van der Waals surface area (Å²) in [5.41, 5.74) is 3.26. The Hall–Kier alpha value is -3.06. The van der Waals surface area contributed by atoms with Gasteiger partial charge in [0.15, 0.2) is 11.5 Å². The van der Waals surface area contributed by atoms with Gasteiger partial charge in [-0.25, -0.2) is 5.43 Å². The molecule has 0 spiro atoms. The van der Waals surface area contributed by atoms with Gasteiger partial charge < -0.3 is 14.8 Å². The second-order valence-electron chi connectivity index (χ2n) is 4.77. The molecule has 0 unspecified atom stereocenters. The van der Waals surface area contributed by atoms with Gasteiger partial charge in [0.05, 0.1) is 20.4 Å². The highest BCUT2D eigenvalue weighted by molar-refractivity contribution is 6.39. The smallest absolute Gasteiger partial charge is 0.329 e. The molecule has 0 fully saturated rings. The van der Waals surface area contributed by atoms with E-state index in [2.05, 4.69) is 15.8 Å². The van der Waals surface area contributed by atoms with Gasteiger partial charge in [0.1, 0.15) is 0 Å². The van der Waals surface area contributed by atoms with E-state index in [-0.39, 0.29) is 0 Å². The monoisotopic (exact) mass is 361 g/mol. The van der Waals surface area contributed by atoms with Gasteiger partial charge in [-0.1, -0.05) is 11.6 Å². The van der Waals surface area contributed by atoms with E-state index in [0.717, 1.165) is 0 Å². The Bertz CT molecular complexity index is 791. The Morgan fingerprint density at radius 1 is 1.00 bits per heavy atom. The van der Waals surface area contributed by atoms with Gasteiger partial charge in [-0.3, -0.25) is 9.59 Å². The summed E-state index contributed by atoms with van der Waals surface area (Å²) in [5.74, 6) is -0.636. The number of carbonyl (C=O) groups is 2. The Morgan fingerprint density at radius 3 is 2.32 bits per heavy atom. The molecule has 7 nitrogen and oxygen atoms in total. The molecule has 0 aromatic heterocycles. The van der Waals surface area contributed by atoms with Gasteiger partial charge in [-0.05, 0) is 48.0 Å². The van der Waals surface area contributed by atoms with Gasteiger partial charge in [0, 0.05) is 10.7 Å². The topological polar surface area (TPSA) is 89.0 Å². The second kappa shape index (κ2) is 8.70. The molecule has 0 aliphatic carbocycles. The summed E-state index contributed by atoms with van der Waals surface area (Å²) in [7, 11) is 3.05. The first-order valence-electron chi connectivity index (χ1n) is 7.15. The van der Waals surface area contributed by atoms with E-state index >= 15 is 0 Å². The highest BCUT2D eigenvalue weighted by Gasteiger charge is 2.12. The molecule has 0 atom stereocenters. The third-order valence-corrected chi connectivity index (χ3v) is 3.35. The van der Waals surface area contributed by atoms with Crippen molar-refractivity contribution < 1.29 is 19.1 Å². The molecule has 2 N–H and O–H groups in total. The summed E-state index contributed by atoms with van der Waals surface area (Å²) in [4.78, 5) is 23.5. The molecule has 0 aliphatic rings. The minimum absolute atomic E-state index is 0.452. The van der Waals surface area contributed by atoms with E-state index in [4.69, 9.17) is 21.1 Å². The number of ether oxygens (including phenoxy) is 2. The van der Waals surface area contributed by atoms with Crippen LogP contribution in [0.5, 0.6) is 11.5 Å². The van der Waals surface area contributed by atoms with Crippen LogP contribution in [0, 0.1) is 0 Å². The lowest BCUT2D eigenvalue weighted by Crippen LogP contribution is -2.32. The first-order chi connectivity index (χ1) is 12.0. The lowest BCUT2D eigenvalue weighted by atomic mass is 10.2. The molecule has 8 heteroatoms. The van der Waals surface area contributed by atoms with Crippen molar-refractivity contribution in [2.45, 2.75) is 0 Å². The zero-order valence-electron chi connectivity index (χ0n) is 13.6. The second-order valence-corrected chi connectivity index (χ2v) is 5.21. The molecular weight excluding hydrogens is 346 g/mol. The van der Waals surface area contributed by atoms with Crippen molar-refractivity contribution >= 4 is 35.3 Å². The lowest BCUT2D eigenvalue weighted by molar-refractivity contribution is -0.136. The minimum Gasteiger partial charge on any atom is -0.493 e. The van der Waals surface area contributed by atoms with Crippen LogP contribution in [-0.4, -0.2) is 32.2 Å². The molecule has 0 saturated heterocycles. The van der Waals surface area contributed by atoms with Crippen molar-refractivity contribution in [3.8, 4) is 11.5 Å². The standard InChI is InChI=1S/C17H16ClN3O4/c1-24-14-8-3-11(9-15(14)25-2)10-19-21-17(23)16(22)20-13-6-4-12(18)5-7-13/h3-10H,1-2H3,(H,20,22)(H,21,23)/b19-10-. The third kappa shape index (κ3) is 5.22. The van der Waals surface area contributed by atoms with Crippen LogP contribution >= 0.6 is 11.6 Å². The van der Waals surface area contributed by atoms with Gasteiger partial charge in [0.2, 0.25) is 0 Å². The quantitative estimate of drug-likeness (QED) is 0.486. The third-order valence-electron chi connectivity index (χ3n) is 3.10. The predicted molar refractivity (Wildman–Crippen MR) is 95.4 cm³/mol. The number of hydrogen-bond donors (Lipinski definition) is 2. The number of hydrogen-bond acceptors (Lipinski definition) is 5. The fourth-order valence-electron chi connectivity index (χ4n) is 1.87. The number of nitrogens with one attached hydrogen (secondary N) is 2. The molecule has 25 heavy (non-hydrogen) atoms. The highest BCUT2D eigenvalue weighted by atomic mass is 35.5. The van der Waals surface area contributed by atoms with E-state index in [1.54, 1.807) is 42.5 Å². The SMILES string of the molecule is COc1ccc(/C=N\NC(=O)C(=O)Nc2ccc(Cl)cc2)cc1OC. The first-order valence-corrected chi connectivity index (χ1v) is 7.53. The van der Waals surface area contributed by atoms with Crippen LogP contribution in [0.2, 0.25) is 5.02 Å². The van der Waals surface area contributed by atoms with Gasteiger partial charge in [0.25, 0.3) is 0 Å². The summed E-state index contributed by atoms with van der Waals surface area (Å²) < 4.78 is 10.3. The molecule has 0 heterocycles. The molecule has 2 amide bonds. The van der Waals surface area contributed by atoms with Crippen LogP contribution in [-0.2, 0) is 9.59 Å². The van der Waals surface area contributed by atoms with E-state index < -0.39 is 11.8 Å². The van der Waals surface area contributed by atoms with Gasteiger partial charge >= 0.3 is 11.8 Å². The number of nitrogens with zero attached hydrogens (tertiary/aromatic N) is 1. The fourth-order valence-corrected chi connectivity index (χ4v) is 2.00. The van der Waals surface area contributed by atoms with Gasteiger partial charge in [-0.15, -0.1) is 0 Å². The normalized spacial score (nSPS) is 10.4. The first kappa shape index (κ1) is 18.3. The number of rotatable bonds is 5. The van der Waals surface area contributed by atoms with E-state index in [0.29, 0.717) is 27.8 Å². The Morgan fingerprint density at radius 2 is 1.68 bits per heavy atom. The van der Waals surface area contributed by atoms with Crippen molar-refractivity contribution in [1.82, 2.24) is 5.43 Å². The van der Waals surface area contributed by atoms with Crippen LogP contribution in [0.1, 0.15) is 5.56 Å². The number of amides is 2. The Labute approximate surface area is 149 Å². The number of carbonyl (C=O) groups excluding carboxylic acids is 2. The van der Waals surface area contributed by atoms with E-state index in [1.807, 2.05) is 0 Å². The van der Waals surface area contributed by atoms with E-state index in [1.165, 1.54) is 20.4 Å². The zero-order valence-corrected chi connectivity index (χ0v) is 14.3. The van der Waals surface area contributed by atoms with Crippen molar-refractivity contribution in [2.75, 3.05) is 19.5 Å². The maximum atomic E-state index is 11.8. The number of halogens is 1. The average molecular weight is 362 g/mol. The maximum absolute atomic E-state index is 11.8. The molecule has 0 bridgehead atoms. The van der Waals surface area contributed by atoms with Crippen LogP contribution < -0.4 is 20.2 Å². The van der Waals surface area contributed by atoms with Crippen molar-refractivity contribution in [3.63, 3.8) is 0 Å². The molecule has 2 aromatic rings. The summed E-state index contributed by atoms with van der Waals surface area (Å²) in [6.07, 6.45) is 1.38. The van der Waals surface area contributed by atoms with Crippen LogP contribution in [0.15, 0.2) is 47.6 Å². The lowest BCUT2D eigenvalue weighted by Gasteiger charge is -2.07.